The Hall–Kier alpha value is -7.14. The lowest BCUT2D eigenvalue weighted by Gasteiger charge is -2.13. The van der Waals surface area contributed by atoms with Crippen molar-refractivity contribution in [2.24, 2.45) is 0 Å². The van der Waals surface area contributed by atoms with Gasteiger partial charge in [-0.05, 0) is 46.5 Å². The minimum Gasteiger partial charge on any atom is -0.455 e. The molecule has 0 aliphatic carbocycles. The fraction of sp³-hybridized carbons (Fsp3) is 0. The van der Waals surface area contributed by atoms with E-state index in [-0.39, 0.29) is 0 Å². The van der Waals surface area contributed by atoms with Crippen LogP contribution < -0.4 is 0 Å². The summed E-state index contributed by atoms with van der Waals surface area (Å²) in [5.41, 5.74) is 13.3. The van der Waals surface area contributed by atoms with E-state index in [9.17, 15) is 0 Å². The Morgan fingerprint density at radius 1 is 0.375 bits per heavy atom. The first kappa shape index (κ1) is 32.3. The first-order valence-corrected chi connectivity index (χ1v) is 19.6. The van der Waals surface area contributed by atoms with Gasteiger partial charge in [0.2, 0.25) is 0 Å². The van der Waals surface area contributed by atoms with Crippen molar-refractivity contribution in [2.75, 3.05) is 0 Å². The molecule has 0 radical (unpaired) electrons. The van der Waals surface area contributed by atoms with Crippen LogP contribution in [-0.4, -0.2) is 9.97 Å². The van der Waals surface area contributed by atoms with Crippen LogP contribution in [0.4, 0.5) is 0 Å². The highest BCUT2D eigenvalue weighted by molar-refractivity contribution is 7.26. The van der Waals surface area contributed by atoms with Gasteiger partial charge in [0.05, 0.1) is 11.4 Å². The van der Waals surface area contributed by atoms with E-state index in [4.69, 9.17) is 14.4 Å². The number of para-hydroxylation sites is 1. The summed E-state index contributed by atoms with van der Waals surface area (Å²) in [5.74, 6) is 0.693. The van der Waals surface area contributed by atoms with Crippen molar-refractivity contribution >= 4 is 53.4 Å². The van der Waals surface area contributed by atoms with E-state index < -0.39 is 0 Å². The molecule has 3 heterocycles. The number of hydrogen-bond donors (Lipinski definition) is 0. The SMILES string of the molecule is c1ccc(-c2cc(-c3ccc(-c4ccc(-c5cccc6c5sc5ccccc56)c5c4oc4ccccc45)cc3)nc(-c3ccccc3-c3ccccc3)n2)cc1. The van der Waals surface area contributed by atoms with Gasteiger partial charge < -0.3 is 4.42 Å². The molecule has 4 heteroatoms. The number of thiophene rings is 1. The first-order valence-electron chi connectivity index (χ1n) is 18.8. The Morgan fingerprint density at radius 3 is 1.71 bits per heavy atom. The average Bonchev–Trinajstić information content (AvgIpc) is 3.86. The van der Waals surface area contributed by atoms with E-state index in [1.165, 1.54) is 31.3 Å². The zero-order chi connectivity index (χ0) is 37.0. The predicted molar refractivity (Wildman–Crippen MR) is 235 cm³/mol. The third-order valence-electron chi connectivity index (χ3n) is 10.8. The molecule has 0 aliphatic rings. The average molecular weight is 733 g/mol. The van der Waals surface area contributed by atoms with Crippen LogP contribution in [0.1, 0.15) is 0 Å². The molecule has 11 aromatic rings. The molecule has 0 bridgehead atoms. The summed E-state index contributed by atoms with van der Waals surface area (Å²) in [6, 6.07) is 68.2. The smallest absolute Gasteiger partial charge is 0.161 e. The van der Waals surface area contributed by atoms with E-state index in [0.29, 0.717) is 5.82 Å². The topological polar surface area (TPSA) is 38.9 Å². The van der Waals surface area contributed by atoms with Crippen molar-refractivity contribution in [3.05, 3.63) is 194 Å². The van der Waals surface area contributed by atoms with E-state index in [1.54, 1.807) is 0 Å². The van der Waals surface area contributed by atoms with Gasteiger partial charge in [-0.1, -0.05) is 170 Å². The fourth-order valence-corrected chi connectivity index (χ4v) is 9.31. The number of nitrogens with zero attached hydrogens (tertiary/aromatic N) is 2. The minimum absolute atomic E-state index is 0.693. The largest absolute Gasteiger partial charge is 0.455 e. The van der Waals surface area contributed by atoms with E-state index >= 15 is 0 Å². The van der Waals surface area contributed by atoms with Gasteiger partial charge in [0.25, 0.3) is 0 Å². The van der Waals surface area contributed by atoms with Crippen LogP contribution in [-0.2, 0) is 0 Å². The Kier molecular flexibility index (Phi) is 7.68. The van der Waals surface area contributed by atoms with Gasteiger partial charge in [-0.25, -0.2) is 9.97 Å². The molecule has 3 aromatic heterocycles. The van der Waals surface area contributed by atoms with Gasteiger partial charge in [-0.2, -0.15) is 0 Å². The number of furan rings is 1. The lowest BCUT2D eigenvalue weighted by Crippen LogP contribution is -1.97. The lowest BCUT2D eigenvalue weighted by atomic mass is 9.93. The standard InChI is InChI=1S/C52H32N2OS/c1-3-14-33(15-4-1)37-18-7-8-20-43(37)52-53-45(35-16-5-2-6-17-35)32-46(54-52)36-28-26-34(27-29-36)38-30-31-40(49-44-21-9-11-24-47(44)55-50(38)49)42-23-13-22-41-39-19-10-12-25-48(39)56-51(41)42/h1-32H. The van der Waals surface area contributed by atoms with Crippen LogP contribution in [0.5, 0.6) is 0 Å². The molecule has 3 nitrogen and oxygen atoms in total. The zero-order valence-corrected chi connectivity index (χ0v) is 31.0. The minimum atomic E-state index is 0.693. The maximum Gasteiger partial charge on any atom is 0.161 e. The highest BCUT2D eigenvalue weighted by Gasteiger charge is 2.20. The van der Waals surface area contributed by atoms with Crippen molar-refractivity contribution in [1.82, 2.24) is 9.97 Å². The molecule has 0 saturated heterocycles. The van der Waals surface area contributed by atoms with Crippen LogP contribution in [0.3, 0.4) is 0 Å². The van der Waals surface area contributed by atoms with Gasteiger partial charge in [0.1, 0.15) is 11.2 Å². The molecular formula is C52H32N2OS. The third kappa shape index (κ3) is 5.42. The van der Waals surface area contributed by atoms with Crippen LogP contribution in [0, 0.1) is 0 Å². The second-order valence-corrected chi connectivity index (χ2v) is 15.1. The summed E-state index contributed by atoms with van der Waals surface area (Å²) in [6.45, 7) is 0. The Bertz CT molecular complexity index is 3240. The van der Waals surface area contributed by atoms with Gasteiger partial charge in [-0.15, -0.1) is 11.3 Å². The van der Waals surface area contributed by atoms with Gasteiger partial charge in [0.15, 0.2) is 5.82 Å². The monoisotopic (exact) mass is 732 g/mol. The highest BCUT2D eigenvalue weighted by atomic mass is 32.1. The molecule has 0 unspecified atom stereocenters. The summed E-state index contributed by atoms with van der Waals surface area (Å²) in [7, 11) is 0. The molecule has 0 atom stereocenters. The number of aromatic nitrogens is 2. The molecule has 0 amide bonds. The summed E-state index contributed by atoms with van der Waals surface area (Å²) in [6.07, 6.45) is 0. The molecule has 0 N–H and O–H groups in total. The van der Waals surface area contributed by atoms with Crippen LogP contribution >= 0.6 is 11.3 Å². The van der Waals surface area contributed by atoms with Crippen molar-refractivity contribution in [1.29, 1.82) is 0 Å². The maximum atomic E-state index is 6.75. The second kappa shape index (κ2) is 13.3. The molecule has 0 saturated carbocycles. The molecule has 0 aliphatic heterocycles. The summed E-state index contributed by atoms with van der Waals surface area (Å²) in [4.78, 5) is 10.4. The van der Waals surface area contributed by atoms with Crippen molar-refractivity contribution in [3.63, 3.8) is 0 Å². The molecule has 8 aromatic carbocycles. The lowest BCUT2D eigenvalue weighted by molar-refractivity contribution is 0.670. The van der Waals surface area contributed by atoms with E-state index in [1.807, 2.05) is 29.5 Å². The number of rotatable bonds is 6. The maximum absolute atomic E-state index is 6.75. The molecule has 0 fully saturated rings. The highest BCUT2D eigenvalue weighted by Crippen LogP contribution is 2.46. The van der Waals surface area contributed by atoms with Gasteiger partial charge in [-0.3, -0.25) is 0 Å². The summed E-state index contributed by atoms with van der Waals surface area (Å²) >= 11 is 1.86. The number of benzene rings is 8. The quantitative estimate of drug-likeness (QED) is 0.171. The number of fused-ring (bicyclic) bond motifs is 6. The molecule has 11 rings (SSSR count). The van der Waals surface area contributed by atoms with Crippen molar-refractivity contribution in [2.45, 2.75) is 0 Å². The molecule has 56 heavy (non-hydrogen) atoms. The Labute approximate surface area is 327 Å². The third-order valence-corrected chi connectivity index (χ3v) is 12.0. The predicted octanol–water partition coefficient (Wildman–Crippen LogP) is 14.7. The first-order chi connectivity index (χ1) is 27.8. The Balaban J connectivity index is 1.05. The second-order valence-electron chi connectivity index (χ2n) is 14.1. The van der Waals surface area contributed by atoms with E-state index in [0.717, 1.165) is 72.3 Å². The number of hydrogen-bond acceptors (Lipinski definition) is 4. The normalized spacial score (nSPS) is 11.6. The molecular weight excluding hydrogens is 701 g/mol. The van der Waals surface area contributed by atoms with Crippen LogP contribution in [0.15, 0.2) is 199 Å². The van der Waals surface area contributed by atoms with Gasteiger partial charge >= 0.3 is 0 Å². The van der Waals surface area contributed by atoms with Crippen LogP contribution in [0.25, 0.3) is 109 Å². The van der Waals surface area contributed by atoms with Crippen molar-refractivity contribution in [3.8, 4) is 67.3 Å². The van der Waals surface area contributed by atoms with Crippen molar-refractivity contribution < 1.29 is 4.42 Å². The molecule has 262 valence electrons. The van der Waals surface area contributed by atoms with E-state index in [2.05, 4.69) is 176 Å². The fourth-order valence-electron chi connectivity index (χ4n) is 8.08. The van der Waals surface area contributed by atoms with Gasteiger partial charge in [0, 0.05) is 58.8 Å². The summed E-state index contributed by atoms with van der Waals surface area (Å²) in [5, 5.41) is 4.84. The molecule has 0 spiro atoms. The Morgan fingerprint density at radius 2 is 0.929 bits per heavy atom. The zero-order valence-electron chi connectivity index (χ0n) is 30.2. The van der Waals surface area contributed by atoms with Crippen LogP contribution in [0.2, 0.25) is 0 Å². The summed E-state index contributed by atoms with van der Waals surface area (Å²) < 4.78 is 9.34.